The molecule has 0 saturated carbocycles. The molecule has 382 valence electrons. The van der Waals surface area contributed by atoms with E-state index < -0.39 is 20.0 Å². The highest BCUT2D eigenvalue weighted by atomic mass is 31.2. The van der Waals surface area contributed by atoms with E-state index in [1.807, 2.05) is 27.2 Å². The van der Waals surface area contributed by atoms with Gasteiger partial charge < -0.3 is 19.8 Å². The summed E-state index contributed by atoms with van der Waals surface area (Å²) in [6.07, 6.45) is 57.6. The first kappa shape index (κ1) is 63.2. The van der Waals surface area contributed by atoms with Crippen LogP contribution in [0.4, 0.5) is 0 Å². The number of aliphatic hydroxyl groups is 1. The number of allylic oxidation sites excluding steroid dienone is 1. The summed E-state index contributed by atoms with van der Waals surface area (Å²) in [5, 5.41) is 13.8. The Labute approximate surface area is 399 Å². The van der Waals surface area contributed by atoms with E-state index in [0.717, 1.165) is 38.5 Å². The number of unbranched alkanes of at least 4 members (excludes halogenated alkanes) is 39. The number of hydrogen-bond acceptors (Lipinski definition) is 5. The van der Waals surface area contributed by atoms with Gasteiger partial charge in [-0.2, -0.15) is 0 Å². The molecular formula is C55H112N2O6P+. The molecule has 0 aromatic carbocycles. The van der Waals surface area contributed by atoms with Crippen LogP contribution >= 0.6 is 7.82 Å². The van der Waals surface area contributed by atoms with Gasteiger partial charge in [0, 0.05) is 6.42 Å². The average Bonchev–Trinajstić information content (AvgIpc) is 3.25. The number of nitrogens with one attached hydrogen (secondary N) is 1. The van der Waals surface area contributed by atoms with Gasteiger partial charge in [-0.15, -0.1) is 0 Å². The Morgan fingerprint density at radius 2 is 0.828 bits per heavy atom. The molecule has 0 spiro atoms. The van der Waals surface area contributed by atoms with Crippen LogP contribution in [0.3, 0.4) is 0 Å². The third-order valence-corrected chi connectivity index (χ3v) is 14.0. The van der Waals surface area contributed by atoms with Crippen LogP contribution in [0, 0.1) is 0 Å². The van der Waals surface area contributed by atoms with Gasteiger partial charge >= 0.3 is 7.82 Å². The lowest BCUT2D eigenvalue weighted by Gasteiger charge is -2.25. The minimum absolute atomic E-state index is 0.0647. The highest BCUT2D eigenvalue weighted by Crippen LogP contribution is 2.43. The van der Waals surface area contributed by atoms with Gasteiger partial charge in [0.15, 0.2) is 0 Å². The van der Waals surface area contributed by atoms with Crippen LogP contribution in [0.2, 0.25) is 0 Å². The minimum atomic E-state index is -4.33. The summed E-state index contributed by atoms with van der Waals surface area (Å²) in [5.74, 6) is -0.172. The lowest BCUT2D eigenvalue weighted by Crippen LogP contribution is -2.45. The zero-order valence-electron chi connectivity index (χ0n) is 43.6. The van der Waals surface area contributed by atoms with Crippen LogP contribution in [-0.4, -0.2) is 73.4 Å². The van der Waals surface area contributed by atoms with Crippen molar-refractivity contribution in [2.24, 2.45) is 0 Å². The van der Waals surface area contributed by atoms with Gasteiger partial charge in [-0.1, -0.05) is 270 Å². The summed E-state index contributed by atoms with van der Waals surface area (Å²) in [6, 6.07) is -0.840. The summed E-state index contributed by atoms with van der Waals surface area (Å²) in [4.78, 5) is 23.2. The van der Waals surface area contributed by atoms with Crippen LogP contribution < -0.4 is 5.32 Å². The highest BCUT2D eigenvalue weighted by Gasteiger charge is 2.27. The van der Waals surface area contributed by atoms with E-state index in [-0.39, 0.29) is 19.1 Å². The highest BCUT2D eigenvalue weighted by molar-refractivity contribution is 7.47. The molecule has 3 N–H and O–H groups in total. The van der Waals surface area contributed by atoms with Crippen LogP contribution in [0.25, 0.3) is 0 Å². The maximum absolute atomic E-state index is 12.9. The summed E-state index contributed by atoms with van der Waals surface area (Å²) in [7, 11) is 1.59. The van der Waals surface area contributed by atoms with Crippen LogP contribution in [0.1, 0.15) is 284 Å². The lowest BCUT2D eigenvalue weighted by atomic mass is 10.0. The number of carbonyl (C=O) groups excluding carboxylic acids is 1. The van der Waals surface area contributed by atoms with E-state index in [9.17, 15) is 19.4 Å². The molecule has 64 heavy (non-hydrogen) atoms. The number of amides is 1. The van der Waals surface area contributed by atoms with Gasteiger partial charge in [-0.05, 0) is 19.3 Å². The molecule has 0 aliphatic rings. The van der Waals surface area contributed by atoms with E-state index >= 15 is 0 Å². The van der Waals surface area contributed by atoms with Gasteiger partial charge in [0.05, 0.1) is 39.9 Å². The van der Waals surface area contributed by atoms with Gasteiger partial charge in [-0.25, -0.2) is 4.57 Å². The second-order valence-electron chi connectivity index (χ2n) is 20.7. The van der Waals surface area contributed by atoms with Crippen molar-refractivity contribution in [1.29, 1.82) is 0 Å². The lowest BCUT2D eigenvalue weighted by molar-refractivity contribution is -0.870. The van der Waals surface area contributed by atoms with Gasteiger partial charge in [-0.3, -0.25) is 13.8 Å². The SMILES string of the molecule is CCCCCCCCCCC/C=C/C(O)C(COP(=O)(O)OCC[N+](C)(C)C)NC(=O)CCCCCCCCCCCCCCCCCCCCCCCCCCCCCCCCC. The zero-order chi connectivity index (χ0) is 47.1. The number of carbonyl (C=O) groups is 1. The maximum atomic E-state index is 12.9. The van der Waals surface area contributed by atoms with Crippen LogP contribution in [0.5, 0.6) is 0 Å². The minimum Gasteiger partial charge on any atom is -0.387 e. The number of quaternary nitrogens is 1. The number of hydrogen-bond donors (Lipinski definition) is 3. The first-order chi connectivity index (χ1) is 31.0. The molecule has 0 aliphatic heterocycles. The number of phosphoric ester groups is 1. The predicted octanol–water partition coefficient (Wildman–Crippen LogP) is 16.7. The quantitative estimate of drug-likeness (QED) is 0.0243. The molecule has 0 radical (unpaired) electrons. The number of phosphoric acid groups is 1. The number of likely N-dealkylation sites (N-methyl/N-ethyl adjacent to an activating group) is 1. The second kappa shape index (κ2) is 47.3. The molecule has 0 aromatic heterocycles. The molecule has 0 heterocycles. The predicted molar refractivity (Wildman–Crippen MR) is 277 cm³/mol. The van der Waals surface area contributed by atoms with Crippen molar-refractivity contribution in [1.82, 2.24) is 5.32 Å². The summed E-state index contributed by atoms with van der Waals surface area (Å²) >= 11 is 0. The molecule has 8 nitrogen and oxygen atoms in total. The standard InChI is InChI=1S/C55H111N2O6P/c1-6-8-10-12-14-16-18-19-20-21-22-23-24-25-26-27-28-29-30-31-32-33-34-35-36-37-39-41-43-45-47-49-55(59)56-53(52-63-64(60,61)62-51-50-57(3,4)5)54(58)48-46-44-42-40-38-17-15-13-11-9-7-2/h46,48,53-54,58H,6-45,47,49-52H2,1-5H3,(H-,56,59,60,61)/p+1/b48-46+. The number of aliphatic hydroxyl groups excluding tert-OH is 1. The molecule has 0 aromatic rings. The molecule has 0 fully saturated rings. The summed E-state index contributed by atoms with van der Waals surface area (Å²) in [5.41, 5.74) is 0. The van der Waals surface area contributed by atoms with Gasteiger partial charge in [0.2, 0.25) is 5.91 Å². The van der Waals surface area contributed by atoms with Crippen molar-refractivity contribution in [3.63, 3.8) is 0 Å². The van der Waals surface area contributed by atoms with Gasteiger partial charge in [0.25, 0.3) is 0 Å². The molecule has 1 amide bonds. The zero-order valence-corrected chi connectivity index (χ0v) is 44.4. The third-order valence-electron chi connectivity index (χ3n) is 13.0. The van der Waals surface area contributed by atoms with Crippen molar-refractivity contribution >= 4 is 13.7 Å². The van der Waals surface area contributed by atoms with Gasteiger partial charge in [0.1, 0.15) is 13.2 Å². The Kier molecular flexibility index (Phi) is 46.8. The number of nitrogens with zero attached hydrogens (tertiary/aromatic N) is 1. The molecule has 0 saturated heterocycles. The first-order valence-corrected chi connectivity index (χ1v) is 29.6. The van der Waals surface area contributed by atoms with Crippen molar-refractivity contribution in [3.05, 3.63) is 12.2 Å². The summed E-state index contributed by atoms with van der Waals surface area (Å²) < 4.78 is 23.6. The normalized spacial score (nSPS) is 14.0. The van der Waals surface area contributed by atoms with E-state index in [4.69, 9.17) is 9.05 Å². The van der Waals surface area contributed by atoms with E-state index in [1.165, 1.54) is 225 Å². The van der Waals surface area contributed by atoms with Crippen molar-refractivity contribution < 1.29 is 32.9 Å². The fraction of sp³-hybridized carbons (Fsp3) is 0.945. The maximum Gasteiger partial charge on any atom is 0.472 e. The van der Waals surface area contributed by atoms with E-state index in [2.05, 4.69) is 19.2 Å². The molecule has 9 heteroatoms. The molecule has 0 rings (SSSR count). The molecular weight excluding hydrogens is 816 g/mol. The van der Waals surface area contributed by atoms with Crippen LogP contribution in [0.15, 0.2) is 12.2 Å². The van der Waals surface area contributed by atoms with E-state index in [1.54, 1.807) is 6.08 Å². The van der Waals surface area contributed by atoms with Crippen LogP contribution in [-0.2, 0) is 18.4 Å². The largest absolute Gasteiger partial charge is 0.472 e. The Morgan fingerprint density at radius 1 is 0.516 bits per heavy atom. The topological polar surface area (TPSA) is 105 Å². The Bertz CT molecular complexity index is 1050. The Morgan fingerprint density at radius 3 is 1.16 bits per heavy atom. The smallest absolute Gasteiger partial charge is 0.387 e. The first-order valence-electron chi connectivity index (χ1n) is 28.1. The van der Waals surface area contributed by atoms with Crippen molar-refractivity contribution in [2.75, 3.05) is 40.9 Å². The molecule has 3 atom stereocenters. The fourth-order valence-corrected chi connectivity index (χ4v) is 9.31. The monoisotopic (exact) mass is 928 g/mol. The Hall–Kier alpha value is -0.760. The second-order valence-corrected chi connectivity index (χ2v) is 22.1. The fourth-order valence-electron chi connectivity index (χ4n) is 8.57. The molecule has 0 aliphatic carbocycles. The third kappa shape index (κ3) is 49.2. The Balaban J connectivity index is 3.95. The average molecular weight is 928 g/mol. The van der Waals surface area contributed by atoms with Crippen molar-refractivity contribution in [3.8, 4) is 0 Å². The molecule has 0 bridgehead atoms. The molecule has 3 unspecified atom stereocenters. The summed E-state index contributed by atoms with van der Waals surface area (Å²) in [6.45, 7) is 4.84. The number of rotatable bonds is 52. The van der Waals surface area contributed by atoms with E-state index in [0.29, 0.717) is 17.4 Å². The van der Waals surface area contributed by atoms with Crippen molar-refractivity contribution in [2.45, 2.75) is 296 Å².